The Kier molecular flexibility index (Phi) is 5.13. The highest BCUT2D eigenvalue weighted by atomic mass is 16.5. The molecule has 2 rings (SSSR count). The minimum Gasteiger partial charge on any atom is -0.497 e. The van der Waals surface area contributed by atoms with Crippen molar-refractivity contribution in [3.8, 4) is 5.75 Å². The van der Waals surface area contributed by atoms with Gasteiger partial charge in [0.15, 0.2) is 0 Å². The predicted molar refractivity (Wildman–Crippen MR) is 81.9 cm³/mol. The average Bonchev–Trinajstić information content (AvgIpc) is 2.49. The second-order valence-corrected chi connectivity index (χ2v) is 5.12. The molecule has 2 aromatic rings. The standard InChI is InChI=1S/C17H22N2O/c1-13(12-15-4-6-17(20-3)7-5-15)19-14(2)16-8-10-18-11-9-16/h4-11,13-14,19H,12H2,1-3H3. The molecule has 1 N–H and O–H groups in total. The van der Waals surface area contributed by atoms with Crippen LogP contribution in [0.3, 0.4) is 0 Å². The van der Waals surface area contributed by atoms with E-state index in [1.165, 1.54) is 11.1 Å². The molecule has 0 bridgehead atoms. The number of hydrogen-bond donors (Lipinski definition) is 1. The molecule has 0 aliphatic heterocycles. The number of aromatic nitrogens is 1. The van der Waals surface area contributed by atoms with Gasteiger partial charge in [-0.2, -0.15) is 0 Å². The molecule has 2 atom stereocenters. The lowest BCUT2D eigenvalue weighted by atomic mass is 10.0. The zero-order valence-corrected chi connectivity index (χ0v) is 12.3. The van der Waals surface area contributed by atoms with Gasteiger partial charge < -0.3 is 10.1 Å². The van der Waals surface area contributed by atoms with Gasteiger partial charge in [0, 0.05) is 24.5 Å². The molecular weight excluding hydrogens is 248 g/mol. The van der Waals surface area contributed by atoms with E-state index in [0.717, 1.165) is 12.2 Å². The third kappa shape index (κ3) is 4.07. The Morgan fingerprint density at radius 1 is 1.05 bits per heavy atom. The quantitative estimate of drug-likeness (QED) is 0.874. The highest BCUT2D eigenvalue weighted by Crippen LogP contribution is 2.15. The minimum absolute atomic E-state index is 0.325. The van der Waals surface area contributed by atoms with Gasteiger partial charge in [-0.1, -0.05) is 12.1 Å². The Morgan fingerprint density at radius 3 is 2.30 bits per heavy atom. The van der Waals surface area contributed by atoms with Gasteiger partial charge >= 0.3 is 0 Å². The van der Waals surface area contributed by atoms with Gasteiger partial charge in [0.25, 0.3) is 0 Å². The summed E-state index contributed by atoms with van der Waals surface area (Å²) in [6.45, 7) is 4.39. The van der Waals surface area contributed by atoms with Crippen molar-refractivity contribution in [2.75, 3.05) is 7.11 Å². The second-order valence-electron chi connectivity index (χ2n) is 5.12. The van der Waals surface area contributed by atoms with Crippen LogP contribution in [0, 0.1) is 0 Å². The van der Waals surface area contributed by atoms with Gasteiger partial charge in [0.1, 0.15) is 5.75 Å². The van der Waals surface area contributed by atoms with Crippen LogP contribution in [-0.4, -0.2) is 18.1 Å². The van der Waals surface area contributed by atoms with Gasteiger partial charge in [-0.3, -0.25) is 4.98 Å². The Hall–Kier alpha value is -1.87. The van der Waals surface area contributed by atoms with Crippen LogP contribution < -0.4 is 10.1 Å². The van der Waals surface area contributed by atoms with Crippen LogP contribution in [0.5, 0.6) is 5.75 Å². The van der Waals surface area contributed by atoms with Crippen molar-refractivity contribution < 1.29 is 4.74 Å². The molecule has 0 radical (unpaired) electrons. The number of nitrogens with zero attached hydrogens (tertiary/aromatic N) is 1. The van der Waals surface area contributed by atoms with Crippen molar-refractivity contribution in [3.05, 3.63) is 59.9 Å². The van der Waals surface area contributed by atoms with E-state index in [1.807, 2.05) is 24.5 Å². The Bertz CT molecular complexity index is 510. The Labute approximate surface area is 121 Å². The average molecular weight is 270 g/mol. The largest absolute Gasteiger partial charge is 0.497 e. The Balaban J connectivity index is 1.90. The molecule has 106 valence electrons. The van der Waals surface area contributed by atoms with E-state index in [2.05, 4.69) is 48.4 Å². The van der Waals surface area contributed by atoms with Crippen LogP contribution in [0.2, 0.25) is 0 Å². The maximum Gasteiger partial charge on any atom is 0.118 e. The monoisotopic (exact) mass is 270 g/mol. The predicted octanol–water partition coefficient (Wildman–Crippen LogP) is 3.37. The van der Waals surface area contributed by atoms with E-state index in [0.29, 0.717) is 12.1 Å². The third-order valence-corrected chi connectivity index (χ3v) is 3.44. The SMILES string of the molecule is COc1ccc(CC(C)NC(C)c2ccncc2)cc1. The first kappa shape index (κ1) is 14.5. The lowest BCUT2D eigenvalue weighted by Crippen LogP contribution is -2.30. The first-order valence-corrected chi connectivity index (χ1v) is 6.98. The molecule has 0 spiro atoms. The molecule has 0 fully saturated rings. The summed E-state index contributed by atoms with van der Waals surface area (Å²) in [5.41, 5.74) is 2.58. The van der Waals surface area contributed by atoms with Gasteiger partial charge in [-0.25, -0.2) is 0 Å². The number of hydrogen-bond acceptors (Lipinski definition) is 3. The normalized spacial score (nSPS) is 13.8. The smallest absolute Gasteiger partial charge is 0.118 e. The highest BCUT2D eigenvalue weighted by Gasteiger charge is 2.09. The number of ether oxygens (including phenoxy) is 1. The lowest BCUT2D eigenvalue weighted by Gasteiger charge is -2.20. The summed E-state index contributed by atoms with van der Waals surface area (Å²) < 4.78 is 5.18. The molecule has 0 aliphatic carbocycles. The molecular formula is C17H22N2O. The molecule has 0 aliphatic rings. The van der Waals surface area contributed by atoms with Crippen LogP contribution in [-0.2, 0) is 6.42 Å². The fraction of sp³-hybridized carbons (Fsp3) is 0.353. The zero-order chi connectivity index (χ0) is 14.4. The molecule has 0 saturated heterocycles. The fourth-order valence-electron chi connectivity index (χ4n) is 2.35. The summed E-state index contributed by atoms with van der Waals surface area (Å²) in [4.78, 5) is 4.05. The zero-order valence-electron chi connectivity index (χ0n) is 12.3. The molecule has 1 aromatic heterocycles. The van der Waals surface area contributed by atoms with Crippen LogP contribution >= 0.6 is 0 Å². The minimum atomic E-state index is 0.325. The summed E-state index contributed by atoms with van der Waals surface area (Å²) in [7, 11) is 1.69. The van der Waals surface area contributed by atoms with E-state index in [1.54, 1.807) is 7.11 Å². The highest BCUT2D eigenvalue weighted by molar-refractivity contribution is 5.27. The summed E-state index contributed by atoms with van der Waals surface area (Å²) in [6, 6.07) is 13.1. The molecule has 1 aromatic carbocycles. The first-order chi connectivity index (χ1) is 9.69. The maximum atomic E-state index is 5.18. The molecule has 20 heavy (non-hydrogen) atoms. The van der Waals surface area contributed by atoms with Gasteiger partial charge in [-0.05, 0) is 55.7 Å². The number of nitrogens with one attached hydrogen (secondary N) is 1. The number of benzene rings is 1. The van der Waals surface area contributed by atoms with E-state index in [4.69, 9.17) is 4.74 Å². The fourth-order valence-corrected chi connectivity index (χ4v) is 2.35. The van der Waals surface area contributed by atoms with Crippen LogP contribution in [0.1, 0.15) is 31.0 Å². The van der Waals surface area contributed by atoms with Gasteiger partial charge in [-0.15, -0.1) is 0 Å². The van der Waals surface area contributed by atoms with Crippen LogP contribution in [0.15, 0.2) is 48.8 Å². The van der Waals surface area contributed by atoms with E-state index in [9.17, 15) is 0 Å². The van der Waals surface area contributed by atoms with E-state index >= 15 is 0 Å². The van der Waals surface area contributed by atoms with E-state index in [-0.39, 0.29) is 0 Å². The Morgan fingerprint density at radius 2 is 1.70 bits per heavy atom. The molecule has 0 saturated carbocycles. The topological polar surface area (TPSA) is 34.1 Å². The van der Waals surface area contributed by atoms with Crippen molar-refractivity contribution in [1.82, 2.24) is 10.3 Å². The molecule has 0 amide bonds. The van der Waals surface area contributed by atoms with Crippen molar-refractivity contribution in [1.29, 1.82) is 0 Å². The third-order valence-electron chi connectivity index (χ3n) is 3.44. The van der Waals surface area contributed by atoms with E-state index < -0.39 is 0 Å². The van der Waals surface area contributed by atoms with Gasteiger partial charge in [0.05, 0.1) is 7.11 Å². The van der Waals surface area contributed by atoms with Crippen molar-refractivity contribution in [2.24, 2.45) is 0 Å². The molecule has 3 heteroatoms. The summed E-state index contributed by atoms with van der Waals surface area (Å²) in [5.74, 6) is 0.902. The van der Waals surface area contributed by atoms with Crippen molar-refractivity contribution in [2.45, 2.75) is 32.4 Å². The first-order valence-electron chi connectivity index (χ1n) is 6.98. The van der Waals surface area contributed by atoms with Crippen molar-refractivity contribution in [3.63, 3.8) is 0 Å². The van der Waals surface area contributed by atoms with Crippen molar-refractivity contribution >= 4 is 0 Å². The summed E-state index contributed by atoms with van der Waals surface area (Å²) >= 11 is 0. The lowest BCUT2D eigenvalue weighted by molar-refractivity contribution is 0.414. The van der Waals surface area contributed by atoms with Crippen LogP contribution in [0.4, 0.5) is 0 Å². The van der Waals surface area contributed by atoms with Crippen LogP contribution in [0.25, 0.3) is 0 Å². The molecule has 3 nitrogen and oxygen atoms in total. The number of methoxy groups -OCH3 is 1. The summed E-state index contributed by atoms with van der Waals surface area (Å²) in [6.07, 6.45) is 4.67. The summed E-state index contributed by atoms with van der Waals surface area (Å²) in [5, 5.41) is 3.61. The molecule has 2 unspecified atom stereocenters. The maximum absolute atomic E-state index is 5.18. The second kappa shape index (κ2) is 7.06. The van der Waals surface area contributed by atoms with Gasteiger partial charge in [0.2, 0.25) is 0 Å². The molecule has 1 heterocycles. The number of rotatable bonds is 6. The number of pyridine rings is 1.